The Morgan fingerprint density at radius 3 is 2.76 bits per heavy atom. The molecule has 1 saturated heterocycles. The van der Waals surface area contributed by atoms with Crippen LogP contribution in [0.5, 0.6) is 11.5 Å². The maximum Gasteiger partial charge on any atom is 0.124 e. The molecular formula is C13H20N2O2. The molecule has 0 spiro atoms. The monoisotopic (exact) mass is 236 g/mol. The fourth-order valence-electron chi connectivity index (χ4n) is 2.41. The van der Waals surface area contributed by atoms with Crippen LogP contribution >= 0.6 is 0 Å². The number of phenolic OH excluding ortho intramolecular Hbond substituents is 2. The second-order valence-electron chi connectivity index (χ2n) is 4.88. The van der Waals surface area contributed by atoms with Crippen molar-refractivity contribution >= 4 is 0 Å². The van der Waals surface area contributed by atoms with Crippen molar-refractivity contribution in [2.24, 2.45) is 0 Å². The van der Waals surface area contributed by atoms with E-state index in [4.69, 9.17) is 0 Å². The highest BCUT2D eigenvalue weighted by Crippen LogP contribution is 2.28. The van der Waals surface area contributed by atoms with Gasteiger partial charge in [0.1, 0.15) is 11.5 Å². The molecule has 0 aliphatic carbocycles. The molecule has 1 aliphatic heterocycles. The molecule has 94 valence electrons. The lowest BCUT2D eigenvalue weighted by atomic mass is 10.1. The maximum atomic E-state index is 9.78. The summed E-state index contributed by atoms with van der Waals surface area (Å²) in [4.78, 5) is 2.29. The molecule has 2 rings (SSSR count). The second kappa shape index (κ2) is 4.94. The predicted molar refractivity (Wildman–Crippen MR) is 67.2 cm³/mol. The highest BCUT2D eigenvalue weighted by atomic mass is 16.3. The van der Waals surface area contributed by atoms with Crippen molar-refractivity contribution in [1.82, 2.24) is 10.2 Å². The molecule has 17 heavy (non-hydrogen) atoms. The Hall–Kier alpha value is -1.26. The topological polar surface area (TPSA) is 55.7 Å². The predicted octanol–water partition coefficient (Wildman–Crippen LogP) is 1.45. The second-order valence-corrected chi connectivity index (χ2v) is 4.88. The average molecular weight is 236 g/mol. The van der Waals surface area contributed by atoms with Crippen molar-refractivity contribution in [2.75, 3.05) is 20.1 Å². The van der Waals surface area contributed by atoms with Gasteiger partial charge in [-0.1, -0.05) is 6.07 Å². The van der Waals surface area contributed by atoms with Crippen LogP contribution in [0.25, 0.3) is 0 Å². The van der Waals surface area contributed by atoms with E-state index in [1.165, 1.54) is 6.07 Å². The number of likely N-dealkylation sites (tertiary alicyclic amines) is 1. The van der Waals surface area contributed by atoms with Crippen LogP contribution in [0.3, 0.4) is 0 Å². The average Bonchev–Trinajstić information content (AvgIpc) is 2.63. The van der Waals surface area contributed by atoms with Crippen LogP contribution in [0.4, 0.5) is 0 Å². The van der Waals surface area contributed by atoms with Crippen LogP contribution in [0.15, 0.2) is 18.2 Å². The zero-order chi connectivity index (χ0) is 12.4. The molecule has 0 bridgehead atoms. The van der Waals surface area contributed by atoms with Gasteiger partial charge in [0.2, 0.25) is 0 Å². The number of nitrogens with zero attached hydrogens (tertiary/aromatic N) is 1. The summed E-state index contributed by atoms with van der Waals surface area (Å²) in [6.45, 7) is 4.19. The first kappa shape index (κ1) is 12.2. The van der Waals surface area contributed by atoms with Crippen LogP contribution in [0.1, 0.15) is 24.9 Å². The van der Waals surface area contributed by atoms with E-state index >= 15 is 0 Å². The Kier molecular flexibility index (Phi) is 3.54. The van der Waals surface area contributed by atoms with Gasteiger partial charge in [0.05, 0.1) is 0 Å². The molecular weight excluding hydrogens is 216 g/mol. The van der Waals surface area contributed by atoms with Crippen LogP contribution in [-0.4, -0.2) is 41.3 Å². The standard InChI is InChI=1S/C13H20N2O2/c1-9(14-10-5-6-15(2)8-10)12-4-3-11(16)7-13(12)17/h3-4,7,9-10,14,16-17H,5-6,8H2,1-2H3. The van der Waals surface area contributed by atoms with E-state index in [1.807, 2.05) is 6.92 Å². The number of rotatable bonds is 3. The SMILES string of the molecule is CC(NC1CCN(C)C1)c1ccc(O)cc1O. The van der Waals surface area contributed by atoms with Gasteiger partial charge in [0.15, 0.2) is 0 Å². The van der Waals surface area contributed by atoms with E-state index in [9.17, 15) is 10.2 Å². The summed E-state index contributed by atoms with van der Waals surface area (Å²) < 4.78 is 0. The number of hydrogen-bond acceptors (Lipinski definition) is 4. The number of likely N-dealkylation sites (N-methyl/N-ethyl adjacent to an activating group) is 1. The van der Waals surface area contributed by atoms with Crippen LogP contribution in [0.2, 0.25) is 0 Å². The summed E-state index contributed by atoms with van der Waals surface area (Å²) >= 11 is 0. The van der Waals surface area contributed by atoms with Crippen LogP contribution in [-0.2, 0) is 0 Å². The molecule has 0 saturated carbocycles. The highest BCUT2D eigenvalue weighted by Gasteiger charge is 2.22. The third-order valence-corrected chi connectivity index (χ3v) is 3.36. The van der Waals surface area contributed by atoms with Crippen molar-refractivity contribution in [3.8, 4) is 11.5 Å². The molecule has 0 aromatic heterocycles. The third kappa shape index (κ3) is 2.90. The molecule has 0 amide bonds. The molecule has 1 aromatic rings. The molecule has 1 heterocycles. The summed E-state index contributed by atoms with van der Waals surface area (Å²) in [5.74, 6) is 0.246. The minimum absolute atomic E-state index is 0.0899. The molecule has 2 atom stereocenters. The van der Waals surface area contributed by atoms with Gasteiger partial charge in [-0.25, -0.2) is 0 Å². The van der Waals surface area contributed by atoms with Crippen molar-refractivity contribution in [3.05, 3.63) is 23.8 Å². The number of aromatic hydroxyl groups is 2. The lowest BCUT2D eigenvalue weighted by molar-refractivity contribution is 0.382. The molecule has 1 aliphatic rings. The minimum atomic E-state index is 0.0899. The summed E-state index contributed by atoms with van der Waals surface area (Å²) in [5.41, 5.74) is 0.831. The molecule has 1 fully saturated rings. The Morgan fingerprint density at radius 1 is 1.41 bits per heavy atom. The first-order valence-corrected chi connectivity index (χ1v) is 6.02. The Morgan fingerprint density at radius 2 is 2.18 bits per heavy atom. The van der Waals surface area contributed by atoms with E-state index in [1.54, 1.807) is 12.1 Å². The van der Waals surface area contributed by atoms with Crippen LogP contribution in [0, 0.1) is 0 Å². The number of hydrogen-bond donors (Lipinski definition) is 3. The number of nitrogens with one attached hydrogen (secondary N) is 1. The number of phenols is 2. The van der Waals surface area contributed by atoms with E-state index < -0.39 is 0 Å². The molecule has 4 heteroatoms. The van der Waals surface area contributed by atoms with E-state index in [0.29, 0.717) is 6.04 Å². The quantitative estimate of drug-likeness (QED) is 0.743. The zero-order valence-corrected chi connectivity index (χ0v) is 10.3. The van der Waals surface area contributed by atoms with Crippen molar-refractivity contribution < 1.29 is 10.2 Å². The molecule has 4 nitrogen and oxygen atoms in total. The molecule has 1 aromatic carbocycles. The van der Waals surface area contributed by atoms with Crippen molar-refractivity contribution in [3.63, 3.8) is 0 Å². The molecule has 3 N–H and O–H groups in total. The van der Waals surface area contributed by atoms with Gasteiger partial charge in [-0.3, -0.25) is 0 Å². The first-order valence-electron chi connectivity index (χ1n) is 6.02. The van der Waals surface area contributed by atoms with Crippen LogP contribution < -0.4 is 5.32 Å². The lowest BCUT2D eigenvalue weighted by Crippen LogP contribution is -2.33. The third-order valence-electron chi connectivity index (χ3n) is 3.36. The van der Waals surface area contributed by atoms with Gasteiger partial charge in [-0.2, -0.15) is 0 Å². The summed E-state index contributed by atoms with van der Waals surface area (Å²) in [6, 6.07) is 5.32. The van der Waals surface area contributed by atoms with Gasteiger partial charge in [-0.05, 0) is 33.0 Å². The van der Waals surface area contributed by atoms with Gasteiger partial charge < -0.3 is 20.4 Å². The van der Waals surface area contributed by atoms with Gasteiger partial charge in [-0.15, -0.1) is 0 Å². The largest absolute Gasteiger partial charge is 0.508 e. The molecule has 0 radical (unpaired) electrons. The summed E-state index contributed by atoms with van der Waals surface area (Å²) in [6.07, 6.45) is 1.14. The van der Waals surface area contributed by atoms with E-state index in [2.05, 4.69) is 17.3 Å². The Balaban J connectivity index is 2.01. The zero-order valence-electron chi connectivity index (χ0n) is 10.3. The van der Waals surface area contributed by atoms with Crippen molar-refractivity contribution in [2.45, 2.75) is 25.4 Å². The molecule has 2 unspecified atom stereocenters. The highest BCUT2D eigenvalue weighted by molar-refractivity contribution is 5.40. The minimum Gasteiger partial charge on any atom is -0.508 e. The fourth-order valence-corrected chi connectivity index (χ4v) is 2.41. The van der Waals surface area contributed by atoms with E-state index in [-0.39, 0.29) is 17.5 Å². The van der Waals surface area contributed by atoms with Gasteiger partial charge in [0.25, 0.3) is 0 Å². The Bertz CT molecular complexity index is 395. The fraction of sp³-hybridized carbons (Fsp3) is 0.538. The Labute approximate surface area is 102 Å². The van der Waals surface area contributed by atoms with E-state index in [0.717, 1.165) is 25.1 Å². The number of benzene rings is 1. The lowest BCUT2D eigenvalue weighted by Gasteiger charge is -2.20. The van der Waals surface area contributed by atoms with Crippen molar-refractivity contribution in [1.29, 1.82) is 0 Å². The summed E-state index contributed by atoms with van der Waals surface area (Å²) in [7, 11) is 2.12. The van der Waals surface area contributed by atoms with Gasteiger partial charge >= 0.3 is 0 Å². The van der Waals surface area contributed by atoms with Gasteiger partial charge in [0, 0.05) is 30.3 Å². The normalized spacial score (nSPS) is 22.8. The maximum absolute atomic E-state index is 9.78. The smallest absolute Gasteiger partial charge is 0.124 e. The summed E-state index contributed by atoms with van der Waals surface area (Å²) in [5, 5.41) is 22.5. The first-order chi connectivity index (χ1) is 8.06.